The number of ether oxygens (including phenoxy) is 1. The average molecular weight is 272 g/mol. The van der Waals surface area contributed by atoms with Gasteiger partial charge in [-0.15, -0.1) is 0 Å². The molecule has 1 fully saturated rings. The summed E-state index contributed by atoms with van der Waals surface area (Å²) in [6.07, 6.45) is 1.16. The quantitative estimate of drug-likeness (QED) is 0.839. The number of rotatable bonds is 5. The van der Waals surface area contributed by atoms with Gasteiger partial charge in [0.2, 0.25) is 0 Å². The summed E-state index contributed by atoms with van der Waals surface area (Å²) >= 11 is 0. The lowest BCUT2D eigenvalue weighted by molar-refractivity contribution is 0.169. The molecule has 1 aliphatic rings. The number of aromatic nitrogens is 1. The van der Waals surface area contributed by atoms with Crippen LogP contribution in [0.15, 0.2) is 40.9 Å². The van der Waals surface area contributed by atoms with E-state index in [1.807, 2.05) is 36.4 Å². The lowest BCUT2D eigenvalue weighted by Gasteiger charge is -2.18. The molecule has 1 aromatic carbocycles. The van der Waals surface area contributed by atoms with Gasteiger partial charge in [0, 0.05) is 24.8 Å². The highest BCUT2D eigenvalue weighted by Gasteiger charge is 2.18. The van der Waals surface area contributed by atoms with Crippen LogP contribution in [-0.2, 0) is 11.3 Å². The molecule has 0 aliphatic carbocycles. The first-order chi connectivity index (χ1) is 9.81. The van der Waals surface area contributed by atoms with Crippen molar-refractivity contribution in [2.75, 3.05) is 26.8 Å². The van der Waals surface area contributed by atoms with Crippen LogP contribution in [0.3, 0.4) is 0 Å². The Kier molecular flexibility index (Phi) is 4.14. The molecule has 4 nitrogen and oxygen atoms in total. The Labute approximate surface area is 119 Å². The molecule has 0 bridgehead atoms. The Bertz CT molecular complexity index is 532. The molecule has 0 N–H and O–H groups in total. The van der Waals surface area contributed by atoms with Crippen molar-refractivity contribution in [3.8, 4) is 11.3 Å². The summed E-state index contributed by atoms with van der Waals surface area (Å²) in [5, 5.41) is 4.14. The smallest absolute Gasteiger partial charge is 0.151 e. The zero-order valence-corrected chi connectivity index (χ0v) is 11.8. The topological polar surface area (TPSA) is 38.5 Å². The van der Waals surface area contributed by atoms with Gasteiger partial charge in [0.05, 0.1) is 13.2 Å². The van der Waals surface area contributed by atoms with Gasteiger partial charge >= 0.3 is 0 Å². The molecule has 2 aromatic rings. The SMILES string of the molecule is CN(Cc1cc(-c2ccccc2)no1)C[C@H]1CCOC1. The number of nitrogens with zero attached hydrogens (tertiary/aromatic N) is 2. The summed E-state index contributed by atoms with van der Waals surface area (Å²) < 4.78 is 10.8. The molecule has 106 valence electrons. The fourth-order valence-corrected chi connectivity index (χ4v) is 2.63. The Morgan fingerprint density at radius 2 is 2.15 bits per heavy atom. The summed E-state index contributed by atoms with van der Waals surface area (Å²) in [7, 11) is 2.11. The molecule has 0 unspecified atom stereocenters. The van der Waals surface area contributed by atoms with Gasteiger partial charge < -0.3 is 9.26 Å². The molecule has 1 atom stereocenters. The third kappa shape index (κ3) is 3.26. The second-order valence-corrected chi connectivity index (χ2v) is 5.47. The van der Waals surface area contributed by atoms with Gasteiger partial charge in [-0.2, -0.15) is 0 Å². The number of hydrogen-bond acceptors (Lipinski definition) is 4. The van der Waals surface area contributed by atoms with Crippen molar-refractivity contribution >= 4 is 0 Å². The maximum absolute atomic E-state index is 5.43. The average Bonchev–Trinajstić information content (AvgIpc) is 3.11. The minimum atomic E-state index is 0.650. The Morgan fingerprint density at radius 1 is 1.30 bits per heavy atom. The Hall–Kier alpha value is -1.65. The van der Waals surface area contributed by atoms with Crippen LogP contribution in [0.2, 0.25) is 0 Å². The van der Waals surface area contributed by atoms with Gasteiger partial charge in [-0.05, 0) is 19.4 Å². The maximum atomic E-state index is 5.43. The lowest BCUT2D eigenvalue weighted by Crippen LogP contribution is -2.25. The van der Waals surface area contributed by atoms with Crippen molar-refractivity contribution in [1.29, 1.82) is 0 Å². The lowest BCUT2D eigenvalue weighted by atomic mass is 10.1. The molecular weight excluding hydrogens is 252 g/mol. The van der Waals surface area contributed by atoms with E-state index in [1.165, 1.54) is 0 Å². The van der Waals surface area contributed by atoms with Crippen LogP contribution in [0.4, 0.5) is 0 Å². The molecule has 0 radical (unpaired) electrons. The van der Waals surface area contributed by atoms with Crippen LogP contribution in [0.5, 0.6) is 0 Å². The van der Waals surface area contributed by atoms with E-state index in [1.54, 1.807) is 0 Å². The highest BCUT2D eigenvalue weighted by atomic mass is 16.5. The minimum absolute atomic E-state index is 0.650. The molecule has 4 heteroatoms. The fourth-order valence-electron chi connectivity index (χ4n) is 2.63. The van der Waals surface area contributed by atoms with Gasteiger partial charge in [-0.25, -0.2) is 0 Å². The Morgan fingerprint density at radius 3 is 2.90 bits per heavy atom. The van der Waals surface area contributed by atoms with E-state index in [0.29, 0.717) is 5.92 Å². The molecule has 0 spiro atoms. The van der Waals surface area contributed by atoms with E-state index in [4.69, 9.17) is 9.26 Å². The van der Waals surface area contributed by atoms with Gasteiger partial charge in [0.15, 0.2) is 5.76 Å². The van der Waals surface area contributed by atoms with Crippen LogP contribution in [-0.4, -0.2) is 36.9 Å². The monoisotopic (exact) mass is 272 g/mol. The van der Waals surface area contributed by atoms with Crippen molar-refractivity contribution in [2.24, 2.45) is 5.92 Å². The number of benzene rings is 1. The van der Waals surface area contributed by atoms with E-state index in [9.17, 15) is 0 Å². The Balaban J connectivity index is 1.59. The van der Waals surface area contributed by atoms with Crippen LogP contribution in [0.25, 0.3) is 11.3 Å². The predicted octanol–water partition coefficient (Wildman–Crippen LogP) is 2.81. The van der Waals surface area contributed by atoms with E-state index in [-0.39, 0.29) is 0 Å². The van der Waals surface area contributed by atoms with E-state index < -0.39 is 0 Å². The van der Waals surface area contributed by atoms with Crippen molar-refractivity contribution in [3.05, 3.63) is 42.2 Å². The first-order valence-electron chi connectivity index (χ1n) is 7.08. The van der Waals surface area contributed by atoms with Gasteiger partial charge in [-0.3, -0.25) is 4.90 Å². The van der Waals surface area contributed by atoms with Crippen molar-refractivity contribution in [2.45, 2.75) is 13.0 Å². The molecule has 3 rings (SSSR count). The summed E-state index contributed by atoms with van der Waals surface area (Å²) in [5.74, 6) is 1.56. The van der Waals surface area contributed by atoms with Crippen molar-refractivity contribution in [3.63, 3.8) is 0 Å². The van der Waals surface area contributed by atoms with Gasteiger partial charge in [0.25, 0.3) is 0 Å². The van der Waals surface area contributed by atoms with Crippen LogP contribution >= 0.6 is 0 Å². The summed E-state index contributed by atoms with van der Waals surface area (Å²) in [6.45, 7) is 3.62. The first-order valence-corrected chi connectivity index (χ1v) is 7.08. The molecule has 1 saturated heterocycles. The number of hydrogen-bond donors (Lipinski definition) is 0. The van der Waals surface area contributed by atoms with E-state index in [0.717, 1.165) is 49.7 Å². The standard InChI is InChI=1S/C16H20N2O2/c1-18(10-13-7-8-19-12-13)11-15-9-16(17-20-15)14-5-3-2-4-6-14/h2-6,9,13H,7-8,10-12H2,1H3/t13-/m1/s1. The van der Waals surface area contributed by atoms with Crippen LogP contribution in [0, 0.1) is 5.92 Å². The van der Waals surface area contributed by atoms with E-state index in [2.05, 4.69) is 17.1 Å². The normalized spacial score (nSPS) is 18.8. The van der Waals surface area contributed by atoms with Crippen molar-refractivity contribution in [1.82, 2.24) is 10.1 Å². The van der Waals surface area contributed by atoms with Gasteiger partial charge in [0.1, 0.15) is 5.69 Å². The third-order valence-electron chi connectivity index (χ3n) is 3.65. The first kappa shape index (κ1) is 13.3. The maximum Gasteiger partial charge on any atom is 0.151 e. The molecule has 2 heterocycles. The van der Waals surface area contributed by atoms with Gasteiger partial charge in [-0.1, -0.05) is 35.5 Å². The zero-order chi connectivity index (χ0) is 13.8. The van der Waals surface area contributed by atoms with Crippen LogP contribution < -0.4 is 0 Å². The third-order valence-corrected chi connectivity index (χ3v) is 3.65. The minimum Gasteiger partial charge on any atom is -0.381 e. The molecule has 1 aliphatic heterocycles. The summed E-state index contributed by atoms with van der Waals surface area (Å²) in [5.41, 5.74) is 1.99. The fraction of sp³-hybridized carbons (Fsp3) is 0.438. The molecule has 20 heavy (non-hydrogen) atoms. The predicted molar refractivity (Wildman–Crippen MR) is 77.2 cm³/mol. The molecule has 0 amide bonds. The van der Waals surface area contributed by atoms with Crippen LogP contribution in [0.1, 0.15) is 12.2 Å². The highest BCUT2D eigenvalue weighted by Crippen LogP contribution is 2.20. The summed E-state index contributed by atoms with van der Waals surface area (Å²) in [4.78, 5) is 2.27. The largest absolute Gasteiger partial charge is 0.381 e. The van der Waals surface area contributed by atoms with E-state index >= 15 is 0 Å². The second-order valence-electron chi connectivity index (χ2n) is 5.47. The summed E-state index contributed by atoms with van der Waals surface area (Å²) in [6, 6.07) is 12.1. The molecule has 1 aromatic heterocycles. The van der Waals surface area contributed by atoms with Crippen molar-refractivity contribution < 1.29 is 9.26 Å². The molecular formula is C16H20N2O2. The zero-order valence-electron chi connectivity index (χ0n) is 11.8. The highest BCUT2D eigenvalue weighted by molar-refractivity contribution is 5.58. The second kappa shape index (κ2) is 6.20. The molecule has 0 saturated carbocycles.